The molecule has 2 aromatic carbocycles. The van der Waals surface area contributed by atoms with E-state index >= 15 is 0 Å². The van der Waals surface area contributed by atoms with Crippen LogP contribution in [0.3, 0.4) is 0 Å². The molecule has 1 aliphatic carbocycles. The molecule has 0 saturated carbocycles. The Balaban J connectivity index is 1.41. The van der Waals surface area contributed by atoms with Gasteiger partial charge in [0.25, 0.3) is 5.56 Å². The predicted molar refractivity (Wildman–Crippen MR) is 123 cm³/mol. The smallest absolute Gasteiger partial charge is 0.315 e. The van der Waals surface area contributed by atoms with Crippen molar-refractivity contribution < 1.29 is 4.79 Å². The van der Waals surface area contributed by atoms with E-state index in [4.69, 9.17) is 0 Å². The van der Waals surface area contributed by atoms with E-state index in [2.05, 4.69) is 34.7 Å². The van der Waals surface area contributed by atoms with Crippen LogP contribution < -0.4 is 21.5 Å². The number of amides is 2. The van der Waals surface area contributed by atoms with E-state index in [-0.39, 0.29) is 17.1 Å². The summed E-state index contributed by atoms with van der Waals surface area (Å²) in [5, 5.41) is 9.17. The van der Waals surface area contributed by atoms with Crippen molar-refractivity contribution in [1.82, 2.24) is 15.2 Å². The highest BCUT2D eigenvalue weighted by molar-refractivity contribution is 5.79. The van der Waals surface area contributed by atoms with Crippen LogP contribution in [0.15, 0.2) is 72.2 Å². The molecule has 31 heavy (non-hydrogen) atoms. The first-order chi connectivity index (χ1) is 14.9. The highest BCUT2D eigenvalue weighted by Crippen LogP contribution is 2.33. The number of pyridine rings is 1. The van der Waals surface area contributed by atoms with Crippen molar-refractivity contribution in [2.75, 3.05) is 11.9 Å². The summed E-state index contributed by atoms with van der Waals surface area (Å²) in [6.45, 7) is 4.81. The van der Waals surface area contributed by atoms with E-state index in [1.165, 1.54) is 11.1 Å². The molecule has 0 bridgehead atoms. The Kier molecular flexibility index (Phi) is 4.43. The first kappa shape index (κ1) is 19.2. The van der Waals surface area contributed by atoms with Gasteiger partial charge < -0.3 is 20.5 Å². The number of urea groups is 1. The van der Waals surface area contributed by atoms with Crippen LogP contribution >= 0.6 is 0 Å². The summed E-state index contributed by atoms with van der Waals surface area (Å²) < 4.78 is 1.58. The van der Waals surface area contributed by atoms with Gasteiger partial charge in [-0.15, -0.1) is 0 Å². The van der Waals surface area contributed by atoms with E-state index in [0.717, 1.165) is 29.5 Å². The number of nitrogens with one attached hydrogen (secondary N) is 3. The second kappa shape index (κ2) is 7.16. The van der Waals surface area contributed by atoms with Gasteiger partial charge in [0, 0.05) is 31.0 Å². The van der Waals surface area contributed by atoms with Crippen molar-refractivity contribution in [3.05, 3.63) is 94.4 Å². The van der Waals surface area contributed by atoms with Crippen molar-refractivity contribution in [3.8, 4) is 11.1 Å². The Morgan fingerprint density at radius 2 is 1.81 bits per heavy atom. The van der Waals surface area contributed by atoms with Crippen molar-refractivity contribution in [1.29, 1.82) is 0 Å². The van der Waals surface area contributed by atoms with Gasteiger partial charge in [-0.25, -0.2) is 4.79 Å². The molecule has 1 aromatic heterocycles. The number of nitrogens with zero attached hydrogens (tertiary/aromatic N) is 1. The van der Waals surface area contributed by atoms with Gasteiger partial charge in [-0.1, -0.05) is 49.0 Å². The third kappa shape index (κ3) is 3.50. The van der Waals surface area contributed by atoms with Gasteiger partial charge in [0.15, 0.2) is 0 Å². The third-order valence-electron chi connectivity index (χ3n) is 6.15. The second-order valence-corrected chi connectivity index (χ2v) is 8.45. The number of fused-ring (bicyclic) bond motifs is 1. The molecule has 5 rings (SSSR count). The lowest BCUT2D eigenvalue weighted by Gasteiger charge is -2.20. The molecule has 3 N–H and O–H groups in total. The molecule has 2 aliphatic rings. The maximum absolute atomic E-state index is 12.7. The molecular weight excluding hydrogens is 388 g/mol. The number of anilines is 1. The maximum Gasteiger partial charge on any atom is 0.315 e. The number of carbonyl (C=O) groups excluding carboxylic acids is 1. The molecule has 1 spiro atoms. The second-order valence-electron chi connectivity index (χ2n) is 8.45. The highest BCUT2D eigenvalue weighted by atomic mass is 16.2. The van der Waals surface area contributed by atoms with Crippen LogP contribution in [0.1, 0.15) is 16.7 Å². The van der Waals surface area contributed by atoms with Crippen LogP contribution in [0, 0.1) is 0 Å². The molecule has 6 heteroatoms. The molecule has 1 fully saturated rings. The lowest BCUT2D eigenvalue weighted by Crippen LogP contribution is -2.44. The number of carbonyl (C=O) groups is 1. The topological polar surface area (TPSA) is 75.2 Å². The molecule has 1 saturated heterocycles. The first-order valence-corrected chi connectivity index (χ1v) is 10.3. The molecule has 2 amide bonds. The van der Waals surface area contributed by atoms with E-state index in [1.807, 2.05) is 48.7 Å². The molecule has 156 valence electrons. The zero-order chi connectivity index (χ0) is 21.6. The summed E-state index contributed by atoms with van der Waals surface area (Å²) >= 11 is 0. The van der Waals surface area contributed by atoms with Gasteiger partial charge >= 0.3 is 6.03 Å². The van der Waals surface area contributed by atoms with Gasteiger partial charge in [-0.05, 0) is 47.2 Å². The summed E-state index contributed by atoms with van der Waals surface area (Å²) in [7, 11) is 1.75. The van der Waals surface area contributed by atoms with E-state index < -0.39 is 0 Å². The Morgan fingerprint density at radius 1 is 1.03 bits per heavy atom. The molecule has 3 aromatic rings. The average molecular weight is 412 g/mol. The molecule has 1 aliphatic heterocycles. The lowest BCUT2D eigenvalue weighted by atomic mass is 9.97. The van der Waals surface area contributed by atoms with Crippen LogP contribution in [0.2, 0.25) is 0 Å². The number of rotatable bonds is 4. The number of aryl methyl sites for hydroxylation is 1. The Hall–Kier alpha value is -3.80. The van der Waals surface area contributed by atoms with Gasteiger partial charge in [-0.3, -0.25) is 4.79 Å². The summed E-state index contributed by atoms with van der Waals surface area (Å²) in [5.74, 6) is 0. The van der Waals surface area contributed by atoms with Crippen LogP contribution in [-0.4, -0.2) is 22.7 Å². The van der Waals surface area contributed by atoms with Crippen LogP contribution in [0.4, 0.5) is 10.5 Å². The summed E-state index contributed by atoms with van der Waals surface area (Å²) in [6.07, 6.45) is 3.44. The van der Waals surface area contributed by atoms with Gasteiger partial charge in [0.2, 0.25) is 0 Å². The van der Waals surface area contributed by atoms with Gasteiger partial charge in [0.05, 0.1) is 5.54 Å². The summed E-state index contributed by atoms with van der Waals surface area (Å²) in [4.78, 5) is 24.4. The number of hydrogen-bond donors (Lipinski definition) is 3. The minimum Gasteiger partial charge on any atom is -0.351 e. The third-order valence-corrected chi connectivity index (χ3v) is 6.15. The zero-order valence-corrected chi connectivity index (χ0v) is 17.4. The SMILES string of the molecule is C=C(Nc1cc(-c2ccccc2)cn(C)c1=O)c1ccc2c(c1)CC1(CNC(=O)N1)C2. The van der Waals surface area contributed by atoms with Crippen LogP contribution in [0.25, 0.3) is 16.8 Å². The van der Waals surface area contributed by atoms with Gasteiger partial charge in [-0.2, -0.15) is 0 Å². The van der Waals surface area contributed by atoms with E-state index in [9.17, 15) is 9.59 Å². The molecule has 1 unspecified atom stereocenters. The average Bonchev–Trinajstić information content (AvgIpc) is 3.31. The number of aromatic nitrogens is 1. The largest absolute Gasteiger partial charge is 0.351 e. The van der Waals surface area contributed by atoms with Crippen molar-refractivity contribution in [2.45, 2.75) is 18.4 Å². The number of benzene rings is 2. The fourth-order valence-corrected chi connectivity index (χ4v) is 4.56. The minimum absolute atomic E-state index is 0.103. The van der Waals surface area contributed by atoms with Crippen LogP contribution in [-0.2, 0) is 19.9 Å². The quantitative estimate of drug-likeness (QED) is 0.616. The monoisotopic (exact) mass is 412 g/mol. The highest BCUT2D eigenvalue weighted by Gasteiger charge is 2.42. The minimum atomic E-state index is -0.229. The molecule has 1 atom stereocenters. The van der Waals surface area contributed by atoms with Crippen molar-refractivity contribution in [2.24, 2.45) is 7.05 Å². The summed E-state index contributed by atoms with van der Waals surface area (Å²) in [6, 6.07) is 17.9. The van der Waals surface area contributed by atoms with Crippen molar-refractivity contribution in [3.63, 3.8) is 0 Å². The fourth-order valence-electron chi connectivity index (χ4n) is 4.56. The van der Waals surface area contributed by atoms with Gasteiger partial charge in [0.1, 0.15) is 5.69 Å². The maximum atomic E-state index is 12.7. The molecule has 2 heterocycles. The van der Waals surface area contributed by atoms with E-state index in [0.29, 0.717) is 17.9 Å². The normalized spacial score (nSPS) is 19.1. The van der Waals surface area contributed by atoms with Crippen molar-refractivity contribution >= 4 is 17.4 Å². The molecule has 0 radical (unpaired) electrons. The number of hydrogen-bond acceptors (Lipinski definition) is 3. The standard InChI is InChI=1S/C25H24N4O2/c1-16(18-8-9-19-12-25(13-20(19)10-18)15-26-24(31)28-25)27-22-11-21(14-29(2)23(22)30)17-6-4-3-5-7-17/h3-11,14,27H,1,12-13,15H2,2H3,(H2,26,28,31). The molecule has 6 nitrogen and oxygen atoms in total. The molecular formula is C25H24N4O2. The Labute approximate surface area is 180 Å². The summed E-state index contributed by atoms with van der Waals surface area (Å²) in [5.41, 5.74) is 6.18. The fraction of sp³-hybridized carbons (Fsp3) is 0.200. The lowest BCUT2D eigenvalue weighted by molar-refractivity contribution is 0.244. The zero-order valence-electron chi connectivity index (χ0n) is 17.4. The Bertz CT molecular complexity index is 1260. The first-order valence-electron chi connectivity index (χ1n) is 10.3. The van der Waals surface area contributed by atoms with Crippen LogP contribution in [0.5, 0.6) is 0 Å². The predicted octanol–water partition coefficient (Wildman–Crippen LogP) is 3.29. The Morgan fingerprint density at radius 3 is 2.55 bits per heavy atom. The van der Waals surface area contributed by atoms with E-state index in [1.54, 1.807) is 11.6 Å².